The van der Waals surface area contributed by atoms with Crippen molar-refractivity contribution >= 4 is 29.5 Å². The molecule has 1 saturated heterocycles. The molecule has 0 bridgehead atoms. The van der Waals surface area contributed by atoms with Gasteiger partial charge in [-0.25, -0.2) is 9.59 Å². The summed E-state index contributed by atoms with van der Waals surface area (Å²) in [4.78, 5) is 45.7. The Labute approximate surface area is 113 Å². The topological polar surface area (TPSA) is 116 Å². The molecule has 1 fully saturated rings. The summed E-state index contributed by atoms with van der Waals surface area (Å²) in [6.45, 7) is -0.495. The van der Waals surface area contributed by atoms with Crippen LogP contribution in [0.5, 0.6) is 0 Å². The average Bonchev–Trinajstić information content (AvgIpc) is 2.71. The first kappa shape index (κ1) is 13.5. The maximum atomic E-state index is 11.7. The number of anilines is 1. The van der Waals surface area contributed by atoms with Gasteiger partial charge < -0.3 is 15.7 Å². The summed E-state index contributed by atoms with van der Waals surface area (Å²) in [6, 6.07) is 4.92. The standard InChI is InChI=1S/C12H11N3O5/c16-9(6-15-10(17)5-13-12(15)20)14-8-3-1-7(2-4-8)11(18)19/h1-4H,5-6H2,(H,13,20)(H,14,16)(H,18,19). The quantitative estimate of drug-likeness (QED) is 0.663. The molecule has 3 N–H and O–H groups in total. The molecule has 0 saturated carbocycles. The number of nitrogens with one attached hydrogen (secondary N) is 2. The molecule has 0 aliphatic carbocycles. The molecule has 0 spiro atoms. The lowest BCUT2D eigenvalue weighted by Crippen LogP contribution is -2.38. The molecule has 0 radical (unpaired) electrons. The number of urea groups is 1. The number of hydrogen-bond acceptors (Lipinski definition) is 4. The molecule has 20 heavy (non-hydrogen) atoms. The van der Waals surface area contributed by atoms with E-state index in [-0.39, 0.29) is 18.7 Å². The fraction of sp³-hybridized carbons (Fsp3) is 0.167. The van der Waals surface area contributed by atoms with Crippen molar-refractivity contribution in [2.24, 2.45) is 0 Å². The zero-order valence-corrected chi connectivity index (χ0v) is 10.3. The fourth-order valence-electron chi connectivity index (χ4n) is 1.66. The average molecular weight is 277 g/mol. The number of amides is 4. The Kier molecular flexibility index (Phi) is 3.65. The minimum Gasteiger partial charge on any atom is -0.478 e. The maximum absolute atomic E-state index is 11.7. The van der Waals surface area contributed by atoms with Gasteiger partial charge in [-0.05, 0) is 24.3 Å². The van der Waals surface area contributed by atoms with Gasteiger partial charge >= 0.3 is 12.0 Å². The molecule has 1 aromatic rings. The fourth-order valence-corrected chi connectivity index (χ4v) is 1.66. The molecular formula is C12H11N3O5. The van der Waals surface area contributed by atoms with E-state index in [2.05, 4.69) is 10.6 Å². The van der Waals surface area contributed by atoms with Crippen LogP contribution in [0.15, 0.2) is 24.3 Å². The Morgan fingerprint density at radius 3 is 2.40 bits per heavy atom. The molecule has 4 amide bonds. The SMILES string of the molecule is O=C(CN1C(=O)CNC1=O)Nc1ccc(C(=O)O)cc1. The number of nitrogens with zero attached hydrogens (tertiary/aromatic N) is 1. The Morgan fingerprint density at radius 2 is 1.90 bits per heavy atom. The molecular weight excluding hydrogens is 266 g/mol. The van der Waals surface area contributed by atoms with Crippen molar-refractivity contribution in [1.29, 1.82) is 0 Å². The van der Waals surface area contributed by atoms with Crippen LogP contribution in [0.2, 0.25) is 0 Å². The van der Waals surface area contributed by atoms with Crippen molar-refractivity contribution in [3.05, 3.63) is 29.8 Å². The third-order valence-corrected chi connectivity index (χ3v) is 2.65. The lowest BCUT2D eigenvalue weighted by molar-refractivity contribution is -0.128. The number of carbonyl (C=O) groups is 4. The van der Waals surface area contributed by atoms with Gasteiger partial charge in [0.2, 0.25) is 5.91 Å². The van der Waals surface area contributed by atoms with Crippen molar-refractivity contribution in [3.8, 4) is 0 Å². The number of hydrogen-bond donors (Lipinski definition) is 3. The van der Waals surface area contributed by atoms with E-state index in [0.717, 1.165) is 4.90 Å². The second-order valence-corrected chi connectivity index (χ2v) is 4.07. The first-order valence-corrected chi connectivity index (χ1v) is 5.69. The number of imide groups is 1. The van der Waals surface area contributed by atoms with Gasteiger partial charge in [0.25, 0.3) is 5.91 Å². The molecule has 1 aliphatic heterocycles. The predicted octanol–water partition coefficient (Wildman–Crippen LogP) is -0.125. The molecule has 104 valence electrons. The lowest BCUT2D eigenvalue weighted by Gasteiger charge is -2.12. The van der Waals surface area contributed by atoms with E-state index < -0.39 is 23.8 Å². The van der Waals surface area contributed by atoms with Gasteiger partial charge in [0.15, 0.2) is 0 Å². The van der Waals surface area contributed by atoms with Crippen LogP contribution in [0.4, 0.5) is 10.5 Å². The van der Waals surface area contributed by atoms with Crippen LogP contribution in [0.1, 0.15) is 10.4 Å². The summed E-state index contributed by atoms with van der Waals surface area (Å²) >= 11 is 0. The molecule has 0 aromatic heterocycles. The highest BCUT2D eigenvalue weighted by molar-refractivity contribution is 6.06. The summed E-state index contributed by atoms with van der Waals surface area (Å²) in [7, 11) is 0. The predicted molar refractivity (Wildman–Crippen MR) is 67.1 cm³/mol. The molecule has 2 rings (SSSR count). The number of aromatic carboxylic acids is 1. The number of carboxylic acids is 1. The smallest absolute Gasteiger partial charge is 0.335 e. The van der Waals surface area contributed by atoms with E-state index in [1.54, 1.807) is 0 Å². The van der Waals surface area contributed by atoms with Gasteiger partial charge in [-0.1, -0.05) is 0 Å². The molecule has 8 nitrogen and oxygen atoms in total. The van der Waals surface area contributed by atoms with Crippen LogP contribution >= 0.6 is 0 Å². The third kappa shape index (κ3) is 2.91. The van der Waals surface area contributed by atoms with Crippen molar-refractivity contribution in [2.45, 2.75) is 0 Å². The summed E-state index contributed by atoms with van der Waals surface area (Å²) in [6.07, 6.45) is 0. The van der Waals surface area contributed by atoms with Crippen LogP contribution in [0.25, 0.3) is 0 Å². The molecule has 1 aliphatic rings. The molecule has 0 unspecified atom stereocenters. The van der Waals surface area contributed by atoms with Crippen molar-refractivity contribution in [1.82, 2.24) is 10.2 Å². The van der Waals surface area contributed by atoms with E-state index in [0.29, 0.717) is 5.69 Å². The van der Waals surface area contributed by atoms with Gasteiger partial charge in [-0.3, -0.25) is 14.5 Å². The zero-order chi connectivity index (χ0) is 14.7. The Bertz CT molecular complexity index is 565. The summed E-state index contributed by atoms with van der Waals surface area (Å²) < 4.78 is 0. The Balaban J connectivity index is 1.96. The van der Waals surface area contributed by atoms with E-state index in [4.69, 9.17) is 5.11 Å². The van der Waals surface area contributed by atoms with Gasteiger partial charge in [0.1, 0.15) is 6.54 Å². The molecule has 1 heterocycles. The van der Waals surface area contributed by atoms with E-state index in [9.17, 15) is 19.2 Å². The summed E-state index contributed by atoms with van der Waals surface area (Å²) in [5, 5.41) is 13.5. The normalized spacial score (nSPS) is 14.1. The van der Waals surface area contributed by atoms with Crippen LogP contribution in [0, 0.1) is 0 Å². The number of carboxylic acid groups (broad SMARTS) is 1. The van der Waals surface area contributed by atoms with Crippen LogP contribution in [-0.2, 0) is 9.59 Å². The van der Waals surface area contributed by atoms with E-state index in [1.807, 2.05) is 0 Å². The third-order valence-electron chi connectivity index (χ3n) is 2.65. The van der Waals surface area contributed by atoms with Crippen molar-refractivity contribution < 1.29 is 24.3 Å². The number of rotatable bonds is 4. The largest absolute Gasteiger partial charge is 0.478 e. The first-order chi connectivity index (χ1) is 9.47. The minimum absolute atomic E-state index is 0.0945. The van der Waals surface area contributed by atoms with Crippen molar-refractivity contribution in [2.75, 3.05) is 18.4 Å². The van der Waals surface area contributed by atoms with Crippen molar-refractivity contribution in [3.63, 3.8) is 0 Å². The van der Waals surface area contributed by atoms with E-state index >= 15 is 0 Å². The molecule has 8 heteroatoms. The number of benzene rings is 1. The lowest BCUT2D eigenvalue weighted by atomic mass is 10.2. The Hall–Kier alpha value is -2.90. The highest BCUT2D eigenvalue weighted by Crippen LogP contribution is 2.10. The summed E-state index contributed by atoms with van der Waals surface area (Å²) in [5.74, 6) is -2.08. The van der Waals surface area contributed by atoms with Crippen LogP contribution < -0.4 is 10.6 Å². The zero-order valence-electron chi connectivity index (χ0n) is 10.3. The van der Waals surface area contributed by atoms with Gasteiger partial charge in [-0.15, -0.1) is 0 Å². The van der Waals surface area contributed by atoms with Gasteiger partial charge in [0, 0.05) is 5.69 Å². The van der Waals surface area contributed by atoms with Crippen LogP contribution in [-0.4, -0.2) is 46.9 Å². The van der Waals surface area contributed by atoms with Gasteiger partial charge in [0.05, 0.1) is 12.1 Å². The number of carbonyl (C=O) groups excluding carboxylic acids is 3. The minimum atomic E-state index is -1.07. The van der Waals surface area contributed by atoms with E-state index in [1.165, 1.54) is 24.3 Å². The second kappa shape index (κ2) is 5.39. The highest BCUT2D eigenvalue weighted by Gasteiger charge is 2.30. The maximum Gasteiger partial charge on any atom is 0.335 e. The molecule has 1 aromatic carbocycles. The molecule has 0 atom stereocenters. The second-order valence-electron chi connectivity index (χ2n) is 4.07. The van der Waals surface area contributed by atoms with Crippen LogP contribution in [0.3, 0.4) is 0 Å². The summed E-state index contributed by atoms with van der Waals surface area (Å²) in [5.41, 5.74) is 0.476. The highest BCUT2D eigenvalue weighted by atomic mass is 16.4. The first-order valence-electron chi connectivity index (χ1n) is 5.69. The Morgan fingerprint density at radius 1 is 1.25 bits per heavy atom. The monoisotopic (exact) mass is 277 g/mol. The van der Waals surface area contributed by atoms with Gasteiger partial charge in [-0.2, -0.15) is 0 Å².